The Hall–Kier alpha value is -2.78. The summed E-state index contributed by atoms with van der Waals surface area (Å²) in [6, 6.07) is 20.3. The molecule has 0 aliphatic carbocycles. The Kier molecular flexibility index (Phi) is 13.0. The molecule has 0 saturated heterocycles. The first-order valence-corrected chi connectivity index (χ1v) is 12.3. The van der Waals surface area contributed by atoms with Gasteiger partial charge in [0.15, 0.2) is 0 Å². The third kappa shape index (κ3) is 11.5. The summed E-state index contributed by atoms with van der Waals surface area (Å²) >= 11 is 1.57. The van der Waals surface area contributed by atoms with Gasteiger partial charge in [-0.1, -0.05) is 49.0 Å². The number of ether oxygens (including phenoxy) is 1. The topological polar surface area (TPSA) is 70.6 Å². The Morgan fingerprint density at radius 2 is 1.63 bits per heavy atom. The SMILES string of the molecule is CCc1cccc(CNCC(O)CNC(=O)c2ccc(SCOC)cc2)c1.Fc1cccc(F)c1. The molecule has 0 aromatic heterocycles. The van der Waals surface area contributed by atoms with Crippen LogP contribution in [-0.4, -0.2) is 43.3 Å². The molecule has 0 aliphatic rings. The van der Waals surface area contributed by atoms with Crippen molar-refractivity contribution in [3.8, 4) is 0 Å². The van der Waals surface area contributed by atoms with Crippen LogP contribution in [0.1, 0.15) is 28.4 Å². The minimum Gasteiger partial charge on any atom is -0.390 e. The van der Waals surface area contributed by atoms with Crippen LogP contribution in [0.2, 0.25) is 0 Å². The van der Waals surface area contributed by atoms with E-state index in [4.69, 9.17) is 4.74 Å². The van der Waals surface area contributed by atoms with Crippen molar-refractivity contribution in [1.82, 2.24) is 10.6 Å². The van der Waals surface area contributed by atoms with E-state index in [9.17, 15) is 18.7 Å². The molecule has 35 heavy (non-hydrogen) atoms. The molecule has 0 fully saturated rings. The van der Waals surface area contributed by atoms with E-state index in [0.717, 1.165) is 17.4 Å². The number of methoxy groups -OCH3 is 1. The fourth-order valence-electron chi connectivity index (χ4n) is 3.02. The number of amides is 1. The van der Waals surface area contributed by atoms with Crippen molar-refractivity contribution < 1.29 is 23.4 Å². The molecular weight excluding hydrogens is 470 g/mol. The molecule has 8 heteroatoms. The molecule has 0 spiro atoms. The quantitative estimate of drug-likeness (QED) is 0.260. The maximum atomic E-state index is 12.2. The van der Waals surface area contributed by atoms with Gasteiger partial charge in [0.05, 0.1) is 12.0 Å². The van der Waals surface area contributed by atoms with Crippen LogP contribution in [0.25, 0.3) is 0 Å². The number of thioether (sulfide) groups is 1. The summed E-state index contributed by atoms with van der Waals surface area (Å²) in [6.07, 6.45) is 0.369. The standard InChI is InChI=1S/C21H28N2O3S.C6H4F2/c1-3-16-5-4-6-17(11-16)12-22-13-19(24)14-23-21(25)18-7-9-20(10-8-18)27-15-26-2;7-5-2-1-3-6(8)4-5/h4-11,19,22,24H,3,12-15H2,1-2H3,(H,23,25);1-4H. The maximum absolute atomic E-state index is 12.2. The first kappa shape index (κ1) is 28.5. The number of carbonyl (C=O) groups is 1. The van der Waals surface area contributed by atoms with Crippen molar-refractivity contribution in [2.45, 2.75) is 30.9 Å². The molecule has 5 nitrogen and oxygen atoms in total. The lowest BCUT2D eigenvalue weighted by Crippen LogP contribution is -2.37. The monoisotopic (exact) mass is 502 g/mol. The van der Waals surface area contributed by atoms with Crippen LogP contribution in [0, 0.1) is 11.6 Å². The Bertz CT molecular complexity index is 1020. The van der Waals surface area contributed by atoms with E-state index in [1.165, 1.54) is 29.3 Å². The second kappa shape index (κ2) is 16.0. The molecule has 188 valence electrons. The zero-order valence-corrected chi connectivity index (χ0v) is 20.8. The van der Waals surface area contributed by atoms with Gasteiger partial charge in [0.25, 0.3) is 5.91 Å². The Morgan fingerprint density at radius 3 is 2.23 bits per heavy atom. The van der Waals surface area contributed by atoms with Gasteiger partial charge in [0.1, 0.15) is 11.6 Å². The van der Waals surface area contributed by atoms with Crippen molar-refractivity contribution in [2.24, 2.45) is 0 Å². The molecule has 3 N–H and O–H groups in total. The maximum Gasteiger partial charge on any atom is 0.251 e. The number of carbonyl (C=O) groups excluding carboxylic acids is 1. The summed E-state index contributed by atoms with van der Waals surface area (Å²) < 4.78 is 28.9. The largest absolute Gasteiger partial charge is 0.390 e. The summed E-state index contributed by atoms with van der Waals surface area (Å²) in [5.41, 5.74) is 3.07. The highest BCUT2D eigenvalue weighted by molar-refractivity contribution is 7.99. The third-order valence-corrected chi connectivity index (χ3v) is 5.81. The highest BCUT2D eigenvalue weighted by Gasteiger charge is 2.09. The smallest absolute Gasteiger partial charge is 0.251 e. The normalized spacial score (nSPS) is 11.3. The number of hydrogen-bond acceptors (Lipinski definition) is 5. The zero-order chi connectivity index (χ0) is 25.5. The minimum atomic E-state index is -0.639. The number of halogens is 2. The Labute approximate surface area is 209 Å². The molecule has 3 aromatic rings. The van der Waals surface area contributed by atoms with Crippen LogP contribution in [-0.2, 0) is 17.7 Å². The predicted octanol–water partition coefficient (Wildman–Crippen LogP) is 4.79. The summed E-state index contributed by atoms with van der Waals surface area (Å²) in [5, 5.41) is 16.1. The first-order chi connectivity index (χ1) is 16.9. The van der Waals surface area contributed by atoms with E-state index in [0.29, 0.717) is 24.6 Å². The molecule has 3 rings (SSSR count). The van der Waals surface area contributed by atoms with Gasteiger partial charge >= 0.3 is 0 Å². The Balaban J connectivity index is 0.000000456. The summed E-state index contributed by atoms with van der Waals surface area (Å²) in [7, 11) is 1.65. The fraction of sp³-hybridized carbons (Fsp3) is 0.296. The van der Waals surface area contributed by atoms with Gasteiger partial charge in [-0.3, -0.25) is 4.79 Å². The van der Waals surface area contributed by atoms with Gasteiger partial charge in [0.2, 0.25) is 0 Å². The van der Waals surface area contributed by atoms with Gasteiger partial charge < -0.3 is 20.5 Å². The highest BCUT2D eigenvalue weighted by Crippen LogP contribution is 2.18. The van der Waals surface area contributed by atoms with Crippen LogP contribution in [0.5, 0.6) is 0 Å². The fourth-order valence-corrected chi connectivity index (χ4v) is 3.60. The van der Waals surface area contributed by atoms with E-state index < -0.39 is 17.7 Å². The zero-order valence-electron chi connectivity index (χ0n) is 20.0. The molecule has 1 unspecified atom stereocenters. The average molecular weight is 503 g/mol. The highest BCUT2D eigenvalue weighted by atomic mass is 32.2. The number of rotatable bonds is 11. The predicted molar refractivity (Wildman–Crippen MR) is 136 cm³/mol. The van der Waals surface area contributed by atoms with E-state index in [1.807, 2.05) is 18.2 Å². The second-order valence-electron chi connectivity index (χ2n) is 7.68. The molecule has 1 atom stereocenters. The molecule has 0 heterocycles. The number of aryl methyl sites for hydroxylation is 1. The summed E-state index contributed by atoms with van der Waals surface area (Å²) in [4.78, 5) is 13.2. The molecular formula is C27H32F2N2O3S. The van der Waals surface area contributed by atoms with Crippen molar-refractivity contribution >= 4 is 17.7 Å². The first-order valence-electron chi connectivity index (χ1n) is 11.3. The molecule has 1 amide bonds. The number of hydrogen-bond donors (Lipinski definition) is 3. The van der Waals surface area contributed by atoms with Crippen LogP contribution in [0.15, 0.2) is 77.7 Å². The lowest BCUT2D eigenvalue weighted by Gasteiger charge is -2.13. The van der Waals surface area contributed by atoms with Gasteiger partial charge in [-0.2, -0.15) is 0 Å². The number of nitrogens with one attached hydrogen (secondary N) is 2. The van der Waals surface area contributed by atoms with Crippen molar-refractivity contribution in [3.05, 3.63) is 101 Å². The van der Waals surface area contributed by atoms with Crippen LogP contribution in [0.3, 0.4) is 0 Å². The van der Waals surface area contributed by atoms with Crippen molar-refractivity contribution in [3.63, 3.8) is 0 Å². The molecule has 0 bridgehead atoms. The third-order valence-electron chi connectivity index (χ3n) is 4.85. The lowest BCUT2D eigenvalue weighted by atomic mass is 10.1. The van der Waals surface area contributed by atoms with Gasteiger partial charge in [-0.15, -0.1) is 0 Å². The van der Waals surface area contributed by atoms with Gasteiger partial charge in [-0.25, -0.2) is 8.78 Å². The average Bonchev–Trinajstić information content (AvgIpc) is 2.86. The van der Waals surface area contributed by atoms with Crippen molar-refractivity contribution in [2.75, 3.05) is 26.1 Å². The Morgan fingerprint density at radius 1 is 0.971 bits per heavy atom. The van der Waals surface area contributed by atoms with Crippen LogP contribution >= 0.6 is 11.8 Å². The van der Waals surface area contributed by atoms with E-state index in [-0.39, 0.29) is 12.5 Å². The van der Waals surface area contributed by atoms with Crippen molar-refractivity contribution in [1.29, 1.82) is 0 Å². The van der Waals surface area contributed by atoms with Crippen LogP contribution < -0.4 is 10.6 Å². The van der Waals surface area contributed by atoms with E-state index >= 15 is 0 Å². The molecule has 3 aromatic carbocycles. The number of aliphatic hydroxyl groups is 1. The summed E-state index contributed by atoms with van der Waals surface area (Å²) in [6.45, 7) is 3.45. The summed E-state index contributed by atoms with van der Waals surface area (Å²) in [5.74, 6) is -0.684. The van der Waals surface area contributed by atoms with E-state index in [2.05, 4.69) is 35.8 Å². The van der Waals surface area contributed by atoms with Gasteiger partial charge in [0, 0.05) is 43.3 Å². The number of aliphatic hydroxyl groups excluding tert-OH is 1. The molecule has 0 aliphatic heterocycles. The second-order valence-corrected chi connectivity index (χ2v) is 8.68. The molecule has 0 saturated carbocycles. The van der Waals surface area contributed by atoms with Gasteiger partial charge in [-0.05, 0) is 53.9 Å². The van der Waals surface area contributed by atoms with E-state index in [1.54, 1.807) is 31.0 Å². The van der Waals surface area contributed by atoms with Crippen LogP contribution in [0.4, 0.5) is 8.78 Å². The minimum absolute atomic E-state index is 0.187. The molecule has 0 radical (unpaired) electrons. The lowest BCUT2D eigenvalue weighted by molar-refractivity contribution is 0.0915. The number of benzene rings is 3.